The second-order valence-electron chi connectivity index (χ2n) is 5.13. The van der Waals surface area contributed by atoms with E-state index < -0.39 is 0 Å². The molecule has 2 rings (SSSR count). The highest BCUT2D eigenvalue weighted by Crippen LogP contribution is 2.18. The predicted octanol–water partition coefficient (Wildman–Crippen LogP) is 1.37. The van der Waals surface area contributed by atoms with Crippen molar-refractivity contribution in [3.8, 4) is 0 Å². The van der Waals surface area contributed by atoms with Crippen molar-refractivity contribution in [2.45, 2.75) is 19.9 Å². The average molecular weight is 292 g/mol. The summed E-state index contributed by atoms with van der Waals surface area (Å²) in [6.07, 6.45) is 0. The van der Waals surface area contributed by atoms with Crippen LogP contribution in [0.1, 0.15) is 24.2 Å². The minimum absolute atomic E-state index is 0.0385. The summed E-state index contributed by atoms with van der Waals surface area (Å²) in [5.41, 5.74) is 1.78. The number of nitrogens with zero attached hydrogens (tertiary/aromatic N) is 2. The Morgan fingerprint density at radius 1 is 1.33 bits per heavy atom. The number of amides is 1. The summed E-state index contributed by atoms with van der Waals surface area (Å²) >= 11 is 0. The van der Waals surface area contributed by atoms with E-state index in [1.807, 2.05) is 24.3 Å². The number of carbonyl (C=O) groups excluding carboxylic acids is 1. The summed E-state index contributed by atoms with van der Waals surface area (Å²) in [6.45, 7) is 7.51. The predicted molar refractivity (Wildman–Crippen MR) is 82.7 cm³/mol. The summed E-state index contributed by atoms with van der Waals surface area (Å²) in [5, 5.41) is 9.36. The number of benzene rings is 1. The lowest BCUT2D eigenvalue weighted by Crippen LogP contribution is -2.50. The molecule has 1 unspecified atom stereocenters. The molecule has 0 spiro atoms. The van der Waals surface area contributed by atoms with Crippen LogP contribution in [0.3, 0.4) is 0 Å². The molecule has 1 fully saturated rings. The zero-order chi connectivity index (χ0) is 15.2. The second kappa shape index (κ2) is 7.43. The van der Waals surface area contributed by atoms with Crippen molar-refractivity contribution >= 4 is 11.6 Å². The number of hydrogen-bond donors (Lipinski definition) is 1. The lowest BCUT2D eigenvalue weighted by atomic mass is 10.1. The molecular weight excluding hydrogens is 268 g/mol. The van der Waals surface area contributed by atoms with Crippen molar-refractivity contribution in [2.75, 3.05) is 44.4 Å². The Hall–Kier alpha value is -1.59. The van der Waals surface area contributed by atoms with Gasteiger partial charge in [-0.1, -0.05) is 0 Å². The van der Waals surface area contributed by atoms with Crippen molar-refractivity contribution in [3.05, 3.63) is 29.8 Å². The fourth-order valence-electron chi connectivity index (χ4n) is 2.64. The van der Waals surface area contributed by atoms with Crippen molar-refractivity contribution < 1.29 is 14.6 Å². The summed E-state index contributed by atoms with van der Waals surface area (Å²) in [4.78, 5) is 16.5. The Morgan fingerprint density at radius 2 is 2.00 bits per heavy atom. The molecule has 5 heteroatoms. The van der Waals surface area contributed by atoms with Crippen LogP contribution in [0.5, 0.6) is 0 Å². The monoisotopic (exact) mass is 292 g/mol. The van der Waals surface area contributed by atoms with Crippen LogP contribution in [0.2, 0.25) is 0 Å². The second-order valence-corrected chi connectivity index (χ2v) is 5.13. The first-order valence-electron chi connectivity index (χ1n) is 7.55. The van der Waals surface area contributed by atoms with Crippen molar-refractivity contribution in [1.29, 1.82) is 0 Å². The fraction of sp³-hybridized carbons (Fsp3) is 0.562. The van der Waals surface area contributed by atoms with Crippen LogP contribution >= 0.6 is 0 Å². The van der Waals surface area contributed by atoms with Gasteiger partial charge in [0.2, 0.25) is 0 Å². The fourth-order valence-corrected chi connectivity index (χ4v) is 2.64. The van der Waals surface area contributed by atoms with Crippen molar-refractivity contribution in [3.63, 3.8) is 0 Å². The maximum atomic E-state index is 12.5. The Labute approximate surface area is 126 Å². The van der Waals surface area contributed by atoms with Crippen LogP contribution in [0.15, 0.2) is 24.3 Å². The topological polar surface area (TPSA) is 53.0 Å². The van der Waals surface area contributed by atoms with Crippen LogP contribution < -0.4 is 4.90 Å². The normalized spacial score (nSPS) is 18.6. The first-order chi connectivity index (χ1) is 10.2. The Morgan fingerprint density at radius 3 is 2.57 bits per heavy atom. The number of ether oxygens (including phenoxy) is 1. The zero-order valence-electron chi connectivity index (χ0n) is 12.8. The van der Waals surface area contributed by atoms with Crippen LogP contribution in [0, 0.1) is 0 Å². The molecule has 1 aliphatic rings. The Balaban J connectivity index is 2.12. The summed E-state index contributed by atoms with van der Waals surface area (Å²) in [7, 11) is 0. The lowest BCUT2D eigenvalue weighted by Gasteiger charge is -2.34. The van der Waals surface area contributed by atoms with E-state index in [4.69, 9.17) is 4.74 Å². The third-order valence-corrected chi connectivity index (χ3v) is 3.94. The number of morpholine rings is 1. The SMILES string of the molecule is CCN(CC)c1ccc(C(=O)N2CCOCC2CO)cc1. The zero-order valence-corrected chi connectivity index (χ0v) is 12.8. The van der Waals surface area contributed by atoms with Gasteiger partial charge in [0.15, 0.2) is 0 Å². The lowest BCUT2D eigenvalue weighted by molar-refractivity contribution is -0.0183. The molecule has 1 atom stereocenters. The van der Waals surface area contributed by atoms with Gasteiger partial charge in [-0.25, -0.2) is 0 Å². The molecule has 21 heavy (non-hydrogen) atoms. The van der Waals surface area contributed by atoms with Gasteiger partial charge in [0.05, 0.1) is 25.9 Å². The van der Waals surface area contributed by atoms with Crippen LogP contribution in [-0.4, -0.2) is 61.4 Å². The average Bonchev–Trinajstić information content (AvgIpc) is 2.56. The van der Waals surface area contributed by atoms with Gasteiger partial charge in [-0.15, -0.1) is 0 Å². The van der Waals surface area contributed by atoms with Crippen molar-refractivity contribution in [2.24, 2.45) is 0 Å². The largest absolute Gasteiger partial charge is 0.394 e. The van der Waals surface area contributed by atoms with E-state index in [1.54, 1.807) is 4.90 Å². The van der Waals surface area contributed by atoms with E-state index in [1.165, 1.54) is 0 Å². The molecular formula is C16H24N2O3. The smallest absolute Gasteiger partial charge is 0.254 e. The molecule has 0 aromatic heterocycles. The van der Waals surface area contributed by atoms with E-state index in [2.05, 4.69) is 18.7 Å². The summed E-state index contributed by atoms with van der Waals surface area (Å²) < 4.78 is 5.31. The first kappa shape index (κ1) is 15.8. The molecule has 1 aliphatic heterocycles. The molecule has 1 amide bonds. The van der Waals surface area contributed by atoms with Gasteiger partial charge < -0.3 is 19.6 Å². The Bertz CT molecular complexity index is 457. The van der Waals surface area contributed by atoms with Crippen LogP contribution in [-0.2, 0) is 4.74 Å². The number of aliphatic hydroxyl groups excluding tert-OH is 1. The molecule has 0 aliphatic carbocycles. The van der Waals surface area contributed by atoms with Gasteiger partial charge in [0, 0.05) is 30.9 Å². The van der Waals surface area contributed by atoms with Gasteiger partial charge in [-0.2, -0.15) is 0 Å². The standard InChI is InChI=1S/C16H24N2O3/c1-3-17(4-2)14-7-5-13(6-8-14)16(20)18-9-10-21-12-15(18)11-19/h5-8,15,19H,3-4,9-12H2,1-2H3. The van der Waals surface area contributed by atoms with Gasteiger partial charge in [0.25, 0.3) is 5.91 Å². The van der Waals surface area contributed by atoms with Gasteiger partial charge in [-0.3, -0.25) is 4.79 Å². The van der Waals surface area contributed by atoms with E-state index in [-0.39, 0.29) is 18.6 Å². The maximum Gasteiger partial charge on any atom is 0.254 e. The molecule has 0 saturated carbocycles. The number of aliphatic hydroxyl groups is 1. The molecule has 0 bridgehead atoms. The molecule has 1 heterocycles. The molecule has 5 nitrogen and oxygen atoms in total. The van der Waals surface area contributed by atoms with E-state index in [0.29, 0.717) is 25.3 Å². The third-order valence-electron chi connectivity index (χ3n) is 3.94. The van der Waals surface area contributed by atoms with E-state index in [9.17, 15) is 9.90 Å². The molecule has 1 saturated heterocycles. The highest BCUT2D eigenvalue weighted by molar-refractivity contribution is 5.94. The highest BCUT2D eigenvalue weighted by Gasteiger charge is 2.27. The molecule has 0 radical (unpaired) electrons. The van der Waals surface area contributed by atoms with Gasteiger partial charge >= 0.3 is 0 Å². The summed E-state index contributed by atoms with van der Waals surface area (Å²) in [5.74, 6) is -0.0385. The summed E-state index contributed by atoms with van der Waals surface area (Å²) in [6, 6.07) is 7.44. The number of rotatable bonds is 5. The number of hydrogen-bond acceptors (Lipinski definition) is 4. The van der Waals surface area contributed by atoms with Crippen LogP contribution in [0.25, 0.3) is 0 Å². The van der Waals surface area contributed by atoms with Crippen molar-refractivity contribution in [1.82, 2.24) is 4.90 Å². The van der Waals surface area contributed by atoms with Gasteiger partial charge in [-0.05, 0) is 38.1 Å². The number of carbonyl (C=O) groups is 1. The highest BCUT2D eigenvalue weighted by atomic mass is 16.5. The molecule has 1 aromatic carbocycles. The quantitative estimate of drug-likeness (QED) is 0.890. The Kier molecular flexibility index (Phi) is 5.59. The van der Waals surface area contributed by atoms with Gasteiger partial charge in [0.1, 0.15) is 0 Å². The van der Waals surface area contributed by atoms with E-state index in [0.717, 1.165) is 18.8 Å². The minimum Gasteiger partial charge on any atom is -0.394 e. The molecule has 1 aromatic rings. The first-order valence-corrected chi connectivity index (χ1v) is 7.55. The van der Waals surface area contributed by atoms with E-state index >= 15 is 0 Å². The van der Waals surface area contributed by atoms with Crippen LogP contribution in [0.4, 0.5) is 5.69 Å². The molecule has 1 N–H and O–H groups in total. The maximum absolute atomic E-state index is 12.5. The third kappa shape index (κ3) is 3.54. The minimum atomic E-state index is -0.242. The number of anilines is 1. The molecule has 116 valence electrons.